The van der Waals surface area contributed by atoms with Crippen LogP contribution in [0.2, 0.25) is 0 Å². The lowest BCUT2D eigenvalue weighted by molar-refractivity contribution is 0.0582. The summed E-state index contributed by atoms with van der Waals surface area (Å²) in [4.78, 5) is 15.8. The van der Waals surface area contributed by atoms with Crippen molar-refractivity contribution in [1.82, 2.24) is 4.98 Å². The van der Waals surface area contributed by atoms with E-state index in [1.165, 1.54) is 12.3 Å². The zero-order valence-electron chi connectivity index (χ0n) is 9.88. The lowest BCUT2D eigenvalue weighted by Crippen LogP contribution is -2.37. The Morgan fingerprint density at radius 2 is 2.05 bits per heavy atom. The molecule has 0 N–H and O–H groups in total. The Labute approximate surface area is 108 Å². The van der Waals surface area contributed by atoms with Gasteiger partial charge in [-0.15, -0.1) is 0 Å². The molecule has 3 rings (SSSR count). The van der Waals surface area contributed by atoms with Crippen molar-refractivity contribution in [3.63, 3.8) is 0 Å². The molecule has 0 bridgehead atoms. The number of hydrogen-bond donors (Lipinski definition) is 0. The van der Waals surface area contributed by atoms with Crippen LogP contribution in [0.3, 0.4) is 0 Å². The van der Waals surface area contributed by atoms with Crippen LogP contribution in [0.5, 0.6) is 11.5 Å². The molecule has 0 spiro atoms. The number of carbonyl (C=O) groups excluding carboxylic acids is 1. The van der Waals surface area contributed by atoms with Crippen LogP contribution in [-0.4, -0.2) is 23.5 Å². The first-order valence-corrected chi connectivity index (χ1v) is 5.78. The second kappa shape index (κ2) is 4.68. The van der Waals surface area contributed by atoms with E-state index >= 15 is 0 Å². The predicted molar refractivity (Wildman–Crippen MR) is 64.9 cm³/mol. The third kappa shape index (κ3) is 2.14. The number of pyridine rings is 1. The number of halogens is 1. The van der Waals surface area contributed by atoms with E-state index in [4.69, 9.17) is 9.47 Å². The van der Waals surface area contributed by atoms with Crippen molar-refractivity contribution in [3.05, 3.63) is 54.1 Å². The molecule has 0 fully saturated rings. The molecule has 2 aromatic rings. The van der Waals surface area contributed by atoms with Crippen LogP contribution in [-0.2, 0) is 0 Å². The van der Waals surface area contributed by atoms with Gasteiger partial charge in [-0.2, -0.15) is 0 Å². The SMILES string of the molecule is O=C(c1ccncc1F)C1COc2ccccc2O1. The van der Waals surface area contributed by atoms with Gasteiger partial charge in [-0.3, -0.25) is 9.78 Å². The van der Waals surface area contributed by atoms with E-state index in [0.29, 0.717) is 11.5 Å². The average molecular weight is 259 g/mol. The van der Waals surface area contributed by atoms with Gasteiger partial charge in [0, 0.05) is 6.20 Å². The molecule has 19 heavy (non-hydrogen) atoms. The van der Waals surface area contributed by atoms with Gasteiger partial charge >= 0.3 is 0 Å². The highest BCUT2D eigenvalue weighted by molar-refractivity contribution is 6.00. The molecule has 0 aliphatic carbocycles. The summed E-state index contributed by atoms with van der Waals surface area (Å²) in [6.45, 7) is 0.0671. The summed E-state index contributed by atoms with van der Waals surface area (Å²) in [5.41, 5.74) is -0.0389. The quantitative estimate of drug-likeness (QED) is 0.776. The van der Waals surface area contributed by atoms with Crippen molar-refractivity contribution in [2.75, 3.05) is 6.61 Å². The number of rotatable bonds is 2. The van der Waals surface area contributed by atoms with Crippen LogP contribution >= 0.6 is 0 Å². The van der Waals surface area contributed by atoms with Crippen molar-refractivity contribution < 1.29 is 18.7 Å². The second-order valence-electron chi connectivity index (χ2n) is 4.08. The Morgan fingerprint density at radius 1 is 1.26 bits per heavy atom. The summed E-state index contributed by atoms with van der Waals surface area (Å²) in [5.74, 6) is -0.0346. The van der Waals surface area contributed by atoms with Gasteiger partial charge in [0.05, 0.1) is 11.8 Å². The first-order chi connectivity index (χ1) is 9.25. The number of carbonyl (C=O) groups is 1. The predicted octanol–water partition coefficient (Wildman–Crippen LogP) is 2.24. The highest BCUT2D eigenvalue weighted by Crippen LogP contribution is 2.31. The van der Waals surface area contributed by atoms with Crippen LogP contribution in [0.25, 0.3) is 0 Å². The average Bonchev–Trinajstić information content (AvgIpc) is 2.46. The van der Waals surface area contributed by atoms with Gasteiger partial charge < -0.3 is 9.47 Å². The van der Waals surface area contributed by atoms with Gasteiger partial charge in [-0.25, -0.2) is 4.39 Å². The van der Waals surface area contributed by atoms with Crippen LogP contribution in [0.4, 0.5) is 4.39 Å². The van der Waals surface area contributed by atoms with Gasteiger partial charge in [-0.05, 0) is 18.2 Å². The van der Waals surface area contributed by atoms with Gasteiger partial charge in [0.2, 0.25) is 5.78 Å². The van der Waals surface area contributed by atoms with E-state index in [9.17, 15) is 9.18 Å². The van der Waals surface area contributed by atoms with Crippen molar-refractivity contribution in [2.45, 2.75) is 6.10 Å². The molecule has 1 aromatic heterocycles. The van der Waals surface area contributed by atoms with Gasteiger partial charge in [0.25, 0.3) is 0 Å². The summed E-state index contributed by atoms with van der Waals surface area (Å²) < 4.78 is 24.5. The number of para-hydroxylation sites is 2. The van der Waals surface area contributed by atoms with Crippen molar-refractivity contribution in [2.24, 2.45) is 0 Å². The maximum Gasteiger partial charge on any atom is 0.209 e. The molecule has 1 aromatic carbocycles. The molecule has 4 nitrogen and oxygen atoms in total. The molecular formula is C14H10FNO3. The van der Waals surface area contributed by atoms with Gasteiger partial charge in [-0.1, -0.05) is 12.1 Å². The fraction of sp³-hybridized carbons (Fsp3) is 0.143. The number of benzene rings is 1. The number of ether oxygens (including phenoxy) is 2. The summed E-state index contributed by atoms with van der Waals surface area (Å²) in [6, 6.07) is 8.39. The van der Waals surface area contributed by atoms with Crippen molar-refractivity contribution >= 4 is 5.78 Å². The molecule has 0 saturated heterocycles. The third-order valence-corrected chi connectivity index (χ3v) is 2.84. The lowest BCUT2D eigenvalue weighted by atomic mass is 10.1. The minimum Gasteiger partial charge on any atom is -0.485 e. The van der Waals surface area contributed by atoms with Gasteiger partial charge in [0.15, 0.2) is 23.4 Å². The minimum absolute atomic E-state index is 0.0389. The zero-order valence-corrected chi connectivity index (χ0v) is 9.88. The Bertz CT molecular complexity index is 630. The molecule has 0 radical (unpaired) electrons. The maximum atomic E-state index is 13.5. The monoisotopic (exact) mass is 259 g/mol. The normalized spacial score (nSPS) is 17.0. The lowest BCUT2D eigenvalue weighted by Gasteiger charge is -2.25. The molecule has 1 aliphatic rings. The Balaban J connectivity index is 1.86. The Kier molecular flexibility index (Phi) is 2.87. The fourth-order valence-electron chi connectivity index (χ4n) is 1.90. The molecule has 5 heteroatoms. The topological polar surface area (TPSA) is 48.4 Å². The van der Waals surface area contributed by atoms with Crippen LogP contribution in [0, 0.1) is 5.82 Å². The van der Waals surface area contributed by atoms with Crippen molar-refractivity contribution in [3.8, 4) is 11.5 Å². The second-order valence-corrected chi connectivity index (χ2v) is 4.08. The van der Waals surface area contributed by atoms with E-state index in [1.807, 2.05) is 6.07 Å². The van der Waals surface area contributed by atoms with E-state index in [1.54, 1.807) is 18.2 Å². The van der Waals surface area contributed by atoms with Crippen LogP contribution in [0.15, 0.2) is 42.7 Å². The molecule has 1 aliphatic heterocycles. The molecule has 0 amide bonds. The highest BCUT2D eigenvalue weighted by Gasteiger charge is 2.29. The first kappa shape index (κ1) is 11.6. The number of aromatic nitrogens is 1. The van der Waals surface area contributed by atoms with Crippen LogP contribution in [0.1, 0.15) is 10.4 Å². The Morgan fingerprint density at radius 3 is 2.84 bits per heavy atom. The fourth-order valence-corrected chi connectivity index (χ4v) is 1.90. The van der Waals surface area contributed by atoms with Crippen LogP contribution < -0.4 is 9.47 Å². The number of fused-ring (bicyclic) bond motifs is 1. The smallest absolute Gasteiger partial charge is 0.209 e. The number of hydrogen-bond acceptors (Lipinski definition) is 4. The molecular weight excluding hydrogens is 249 g/mol. The summed E-state index contributed by atoms with van der Waals surface area (Å²) >= 11 is 0. The number of Topliss-reactive ketones (excluding diaryl/α,β-unsaturated/α-hetero) is 1. The molecule has 1 unspecified atom stereocenters. The largest absolute Gasteiger partial charge is 0.485 e. The number of ketones is 1. The molecule has 96 valence electrons. The maximum absolute atomic E-state index is 13.5. The summed E-state index contributed by atoms with van der Waals surface area (Å²) in [6.07, 6.45) is 1.53. The van der Waals surface area contributed by atoms with Gasteiger partial charge in [0.1, 0.15) is 6.61 Å². The summed E-state index contributed by atoms with van der Waals surface area (Å²) in [7, 11) is 0. The first-order valence-electron chi connectivity index (χ1n) is 5.78. The minimum atomic E-state index is -0.841. The van der Waals surface area contributed by atoms with Crippen molar-refractivity contribution in [1.29, 1.82) is 0 Å². The highest BCUT2D eigenvalue weighted by atomic mass is 19.1. The van der Waals surface area contributed by atoms with E-state index in [-0.39, 0.29) is 12.2 Å². The van der Waals surface area contributed by atoms with E-state index < -0.39 is 17.7 Å². The number of nitrogens with zero attached hydrogens (tertiary/aromatic N) is 1. The third-order valence-electron chi connectivity index (χ3n) is 2.84. The standard InChI is InChI=1S/C14H10FNO3/c15-10-7-16-6-5-9(10)14(17)13-8-18-11-3-1-2-4-12(11)19-13/h1-7,13H,8H2. The summed E-state index contributed by atoms with van der Waals surface area (Å²) in [5, 5.41) is 0. The Hall–Kier alpha value is -2.43. The van der Waals surface area contributed by atoms with E-state index in [2.05, 4.69) is 4.98 Å². The molecule has 0 saturated carbocycles. The van der Waals surface area contributed by atoms with E-state index in [0.717, 1.165) is 6.20 Å². The molecule has 2 heterocycles. The molecule has 1 atom stereocenters. The zero-order chi connectivity index (χ0) is 13.2.